The third-order valence-corrected chi connectivity index (χ3v) is 3.72. The van der Waals surface area contributed by atoms with Crippen molar-refractivity contribution in [2.75, 3.05) is 0 Å². The van der Waals surface area contributed by atoms with Crippen molar-refractivity contribution in [1.82, 2.24) is 10.2 Å². The van der Waals surface area contributed by atoms with Crippen LogP contribution in [0.5, 0.6) is 0 Å². The molecule has 3 unspecified atom stereocenters. The molecule has 3 atom stereocenters. The Hall–Kier alpha value is -2.31. The second-order valence-electron chi connectivity index (χ2n) is 4.91. The van der Waals surface area contributed by atoms with Gasteiger partial charge in [-0.3, -0.25) is 29.4 Å². The molecule has 7 heteroatoms. The van der Waals surface area contributed by atoms with Crippen molar-refractivity contribution in [2.45, 2.75) is 25.1 Å². The van der Waals surface area contributed by atoms with E-state index < -0.39 is 41.8 Å². The number of nitrogens with zero attached hydrogens (tertiary/aromatic N) is 1. The van der Waals surface area contributed by atoms with Crippen molar-refractivity contribution in [1.29, 1.82) is 0 Å². The predicted octanol–water partition coefficient (Wildman–Crippen LogP) is -0.389. The first-order valence-corrected chi connectivity index (χ1v) is 6.24. The van der Waals surface area contributed by atoms with Crippen LogP contribution in [0, 0.1) is 5.92 Å². The summed E-state index contributed by atoms with van der Waals surface area (Å²) in [5.74, 6) is -3.66. The average Bonchev–Trinajstić information content (AvgIpc) is 2.64. The van der Waals surface area contributed by atoms with Crippen molar-refractivity contribution in [3.8, 4) is 0 Å². The molecule has 0 aromatic rings. The fourth-order valence-corrected chi connectivity index (χ4v) is 2.74. The minimum Gasteiger partial charge on any atom is -0.295 e. The van der Waals surface area contributed by atoms with Gasteiger partial charge in [0.25, 0.3) is 5.91 Å². The minimum absolute atomic E-state index is 0.0501. The molecule has 3 aliphatic rings. The van der Waals surface area contributed by atoms with Crippen LogP contribution in [0.2, 0.25) is 0 Å². The summed E-state index contributed by atoms with van der Waals surface area (Å²) < 4.78 is 13.8. The molecule has 2 aliphatic heterocycles. The van der Waals surface area contributed by atoms with Crippen LogP contribution in [0.4, 0.5) is 4.39 Å². The van der Waals surface area contributed by atoms with Crippen LogP contribution in [-0.4, -0.2) is 40.7 Å². The van der Waals surface area contributed by atoms with Crippen molar-refractivity contribution in [2.24, 2.45) is 5.92 Å². The van der Waals surface area contributed by atoms with Gasteiger partial charge >= 0.3 is 0 Å². The lowest BCUT2D eigenvalue weighted by molar-refractivity contribution is -0.151. The van der Waals surface area contributed by atoms with Crippen molar-refractivity contribution < 1.29 is 23.6 Å². The normalized spacial score (nSPS) is 33.1. The van der Waals surface area contributed by atoms with E-state index in [4.69, 9.17) is 0 Å². The highest BCUT2D eigenvalue weighted by Gasteiger charge is 2.52. The number of hydrogen-bond donors (Lipinski definition) is 1. The van der Waals surface area contributed by atoms with Crippen LogP contribution in [0.15, 0.2) is 23.8 Å². The third kappa shape index (κ3) is 1.70. The molecule has 20 heavy (non-hydrogen) atoms. The van der Waals surface area contributed by atoms with Gasteiger partial charge in [0.05, 0.1) is 0 Å². The number of hydrogen-bond acceptors (Lipinski definition) is 4. The molecule has 0 aromatic heterocycles. The lowest BCUT2D eigenvalue weighted by Gasteiger charge is -2.28. The highest BCUT2D eigenvalue weighted by Crippen LogP contribution is 2.35. The number of allylic oxidation sites excluding steroid dienone is 3. The Morgan fingerprint density at radius 1 is 1.25 bits per heavy atom. The monoisotopic (exact) mass is 278 g/mol. The summed E-state index contributed by atoms with van der Waals surface area (Å²) in [7, 11) is 0. The minimum atomic E-state index is -1.57. The Kier molecular flexibility index (Phi) is 2.77. The first kappa shape index (κ1) is 12.7. The smallest absolute Gasteiger partial charge is 0.258 e. The standard InChI is InChI=1S/C13H11FN2O4/c14-7-3-1-2-6-10(7)13(20)16(12(6)19)8-4-5-9(17)15-11(8)18/h1-3,7-8,10H,4-5H2,(H,15,17,18). The third-order valence-electron chi connectivity index (χ3n) is 3.72. The van der Waals surface area contributed by atoms with E-state index in [9.17, 15) is 23.6 Å². The molecule has 1 N–H and O–H groups in total. The van der Waals surface area contributed by atoms with Gasteiger partial charge in [-0.25, -0.2) is 4.39 Å². The van der Waals surface area contributed by atoms with Crippen LogP contribution < -0.4 is 5.32 Å². The van der Waals surface area contributed by atoms with Crippen LogP contribution in [0.1, 0.15) is 12.8 Å². The van der Waals surface area contributed by atoms with Gasteiger partial charge in [-0.15, -0.1) is 0 Å². The van der Waals surface area contributed by atoms with E-state index in [0.29, 0.717) is 0 Å². The molecule has 2 fully saturated rings. The maximum atomic E-state index is 13.8. The van der Waals surface area contributed by atoms with Gasteiger partial charge < -0.3 is 0 Å². The molecule has 104 valence electrons. The van der Waals surface area contributed by atoms with E-state index in [0.717, 1.165) is 4.90 Å². The quantitative estimate of drug-likeness (QED) is 0.662. The topological polar surface area (TPSA) is 83.6 Å². The largest absolute Gasteiger partial charge is 0.295 e. The molecule has 2 heterocycles. The molecule has 6 nitrogen and oxygen atoms in total. The first-order valence-electron chi connectivity index (χ1n) is 6.24. The lowest BCUT2D eigenvalue weighted by Crippen LogP contribution is -2.54. The van der Waals surface area contributed by atoms with Crippen molar-refractivity contribution in [3.05, 3.63) is 23.8 Å². The molecular weight excluding hydrogens is 267 g/mol. The summed E-state index contributed by atoms with van der Waals surface area (Å²) in [6.45, 7) is 0. The highest BCUT2D eigenvalue weighted by atomic mass is 19.1. The van der Waals surface area contributed by atoms with E-state index in [2.05, 4.69) is 5.32 Å². The zero-order valence-electron chi connectivity index (χ0n) is 10.3. The number of fused-ring (bicyclic) bond motifs is 1. The Labute approximate surface area is 113 Å². The van der Waals surface area contributed by atoms with E-state index in [1.807, 2.05) is 0 Å². The first-order chi connectivity index (χ1) is 9.50. The molecule has 1 aliphatic carbocycles. The number of alkyl halides is 1. The van der Waals surface area contributed by atoms with Crippen molar-refractivity contribution in [3.63, 3.8) is 0 Å². The molecule has 0 aromatic carbocycles. The average molecular weight is 278 g/mol. The number of carbonyl (C=O) groups excluding carboxylic acids is 4. The SMILES string of the molecule is O=C1CCC(N2C(=O)C3=CC=CC(F)C3C2=O)C(=O)N1. The summed E-state index contributed by atoms with van der Waals surface area (Å²) in [6.07, 6.45) is 2.54. The van der Waals surface area contributed by atoms with Gasteiger partial charge in [0, 0.05) is 12.0 Å². The summed E-state index contributed by atoms with van der Waals surface area (Å²) in [5, 5.41) is 2.09. The highest BCUT2D eigenvalue weighted by molar-refractivity contribution is 6.18. The zero-order chi connectivity index (χ0) is 14.4. The lowest BCUT2D eigenvalue weighted by atomic mass is 9.92. The number of nitrogens with one attached hydrogen (secondary N) is 1. The van der Waals surface area contributed by atoms with Gasteiger partial charge in [-0.05, 0) is 12.5 Å². The zero-order valence-corrected chi connectivity index (χ0v) is 10.3. The number of likely N-dealkylation sites (tertiary alicyclic amines) is 1. The van der Waals surface area contributed by atoms with Gasteiger partial charge in [0.15, 0.2) is 0 Å². The van der Waals surface area contributed by atoms with Crippen LogP contribution in [-0.2, 0) is 19.2 Å². The van der Waals surface area contributed by atoms with E-state index in [1.54, 1.807) is 0 Å². The van der Waals surface area contributed by atoms with Gasteiger partial charge in [0.1, 0.15) is 18.1 Å². The molecule has 2 saturated heterocycles. The predicted molar refractivity (Wildman–Crippen MR) is 63.6 cm³/mol. The van der Waals surface area contributed by atoms with E-state index in [1.165, 1.54) is 18.2 Å². The van der Waals surface area contributed by atoms with Gasteiger partial charge in [0.2, 0.25) is 17.7 Å². The summed E-state index contributed by atoms with van der Waals surface area (Å²) in [4.78, 5) is 48.1. The number of carbonyl (C=O) groups is 4. The van der Waals surface area contributed by atoms with Crippen LogP contribution in [0.3, 0.4) is 0 Å². The van der Waals surface area contributed by atoms with Gasteiger partial charge in [-0.2, -0.15) is 0 Å². The second kappa shape index (κ2) is 4.36. The molecule has 0 bridgehead atoms. The van der Waals surface area contributed by atoms with Crippen molar-refractivity contribution >= 4 is 23.6 Å². The Bertz CT molecular complexity index is 595. The fraction of sp³-hybridized carbons (Fsp3) is 0.385. The number of halogens is 1. The Balaban J connectivity index is 1.92. The maximum absolute atomic E-state index is 13.8. The van der Waals surface area contributed by atoms with E-state index in [-0.39, 0.29) is 18.4 Å². The summed E-state index contributed by atoms with van der Waals surface area (Å²) >= 11 is 0. The molecule has 3 rings (SSSR count). The van der Waals surface area contributed by atoms with Crippen LogP contribution in [0.25, 0.3) is 0 Å². The Morgan fingerprint density at radius 2 is 2.00 bits per heavy atom. The number of piperidine rings is 1. The molecular formula is C13H11FN2O4. The number of imide groups is 2. The number of rotatable bonds is 1. The molecule has 4 amide bonds. The molecule has 0 saturated carbocycles. The summed E-state index contributed by atoms with van der Waals surface area (Å²) in [6, 6.07) is -1.04. The van der Waals surface area contributed by atoms with Crippen LogP contribution >= 0.6 is 0 Å². The van der Waals surface area contributed by atoms with Gasteiger partial charge in [-0.1, -0.05) is 12.2 Å². The fourth-order valence-electron chi connectivity index (χ4n) is 2.74. The molecule has 0 spiro atoms. The van der Waals surface area contributed by atoms with E-state index >= 15 is 0 Å². The summed E-state index contributed by atoms with van der Waals surface area (Å²) in [5.41, 5.74) is 0.0645. The maximum Gasteiger partial charge on any atom is 0.258 e. The second-order valence-corrected chi connectivity index (χ2v) is 4.91. The Morgan fingerprint density at radius 3 is 2.65 bits per heavy atom. The number of amides is 4. The molecule has 0 radical (unpaired) electrons.